The van der Waals surface area contributed by atoms with Crippen LogP contribution in [0.3, 0.4) is 0 Å². The number of nitrogen functional groups attached to an aromatic ring is 1. The maximum atomic E-state index is 5.99. The van der Waals surface area contributed by atoms with Gasteiger partial charge >= 0.3 is 0 Å². The lowest BCUT2D eigenvalue weighted by molar-refractivity contribution is 0.864. The number of nitrogens with two attached hydrogens (primary N) is 1. The van der Waals surface area contributed by atoms with E-state index in [1.54, 1.807) is 6.20 Å². The molecule has 0 aromatic heterocycles. The number of rotatable bonds is 5. The summed E-state index contributed by atoms with van der Waals surface area (Å²) in [5.74, 6) is 0. The van der Waals surface area contributed by atoms with Gasteiger partial charge in [-0.2, -0.15) is 0 Å². The molecule has 2 heteroatoms. The third-order valence-corrected chi connectivity index (χ3v) is 2.75. The molecule has 3 N–H and O–H groups in total. The lowest BCUT2D eigenvalue weighted by atomic mass is 9.97. The molecule has 0 heterocycles. The van der Waals surface area contributed by atoms with Crippen molar-refractivity contribution in [1.29, 1.82) is 0 Å². The van der Waals surface area contributed by atoms with Crippen LogP contribution in [0, 0.1) is 6.92 Å². The fourth-order valence-electron chi connectivity index (χ4n) is 1.64. The van der Waals surface area contributed by atoms with Crippen molar-refractivity contribution in [2.24, 2.45) is 0 Å². The highest BCUT2D eigenvalue weighted by Gasteiger charge is 2.06. The average molecular weight is 216 g/mol. The first-order chi connectivity index (χ1) is 7.60. The molecule has 0 saturated carbocycles. The second kappa shape index (κ2) is 5.40. The Hall–Kier alpha value is -1.70. The average Bonchev–Trinajstić information content (AvgIpc) is 2.27. The Balaban J connectivity index is 3.10. The zero-order valence-electron chi connectivity index (χ0n) is 10.1. The number of hydrogen-bond acceptors (Lipinski definition) is 2. The SMILES string of the molecule is C=CNCc1cc(C(=C)CC)c(N)cc1C. The van der Waals surface area contributed by atoms with Gasteiger partial charge in [0, 0.05) is 17.8 Å². The van der Waals surface area contributed by atoms with Crippen LogP contribution in [0.4, 0.5) is 5.69 Å². The predicted octanol–water partition coefficient (Wildman–Crippen LogP) is 3.23. The van der Waals surface area contributed by atoms with Crippen molar-refractivity contribution in [3.63, 3.8) is 0 Å². The quantitative estimate of drug-likeness (QED) is 0.742. The molecule has 1 rings (SSSR count). The molecule has 86 valence electrons. The van der Waals surface area contributed by atoms with Crippen LogP contribution in [-0.2, 0) is 6.54 Å². The third-order valence-electron chi connectivity index (χ3n) is 2.75. The minimum Gasteiger partial charge on any atom is -0.398 e. The lowest BCUT2D eigenvalue weighted by Crippen LogP contribution is -2.07. The second-order valence-electron chi connectivity index (χ2n) is 3.91. The maximum absolute atomic E-state index is 5.99. The number of benzene rings is 1. The van der Waals surface area contributed by atoms with Crippen LogP contribution in [0.5, 0.6) is 0 Å². The van der Waals surface area contributed by atoms with Crippen molar-refractivity contribution in [3.8, 4) is 0 Å². The van der Waals surface area contributed by atoms with Gasteiger partial charge in [0.25, 0.3) is 0 Å². The minimum absolute atomic E-state index is 0.777. The maximum Gasteiger partial charge on any atom is 0.0397 e. The fraction of sp³-hybridized carbons (Fsp3) is 0.286. The van der Waals surface area contributed by atoms with Gasteiger partial charge in [0.2, 0.25) is 0 Å². The number of allylic oxidation sites excluding steroid dienone is 1. The van der Waals surface area contributed by atoms with Crippen molar-refractivity contribution < 1.29 is 0 Å². The monoisotopic (exact) mass is 216 g/mol. The second-order valence-corrected chi connectivity index (χ2v) is 3.91. The summed E-state index contributed by atoms with van der Waals surface area (Å²) in [6, 6.07) is 4.13. The summed E-state index contributed by atoms with van der Waals surface area (Å²) in [7, 11) is 0. The zero-order valence-corrected chi connectivity index (χ0v) is 10.1. The van der Waals surface area contributed by atoms with E-state index in [0.29, 0.717) is 0 Å². The Morgan fingerprint density at radius 2 is 2.19 bits per heavy atom. The number of hydrogen-bond donors (Lipinski definition) is 2. The molecular weight excluding hydrogens is 196 g/mol. The van der Waals surface area contributed by atoms with E-state index in [1.165, 1.54) is 11.1 Å². The molecule has 0 unspecified atom stereocenters. The van der Waals surface area contributed by atoms with E-state index in [2.05, 4.69) is 38.4 Å². The van der Waals surface area contributed by atoms with E-state index in [1.807, 2.05) is 6.07 Å². The number of nitrogens with one attached hydrogen (secondary N) is 1. The molecule has 16 heavy (non-hydrogen) atoms. The fourth-order valence-corrected chi connectivity index (χ4v) is 1.64. The summed E-state index contributed by atoms with van der Waals surface area (Å²) in [5.41, 5.74) is 11.4. The van der Waals surface area contributed by atoms with Crippen molar-refractivity contribution in [2.45, 2.75) is 26.8 Å². The lowest BCUT2D eigenvalue weighted by Gasteiger charge is -2.13. The Morgan fingerprint density at radius 1 is 1.50 bits per heavy atom. The highest BCUT2D eigenvalue weighted by atomic mass is 14.8. The molecule has 0 bridgehead atoms. The van der Waals surface area contributed by atoms with Crippen molar-refractivity contribution in [2.75, 3.05) is 5.73 Å². The Morgan fingerprint density at radius 3 is 2.75 bits per heavy atom. The zero-order chi connectivity index (χ0) is 12.1. The molecule has 2 nitrogen and oxygen atoms in total. The highest BCUT2D eigenvalue weighted by molar-refractivity contribution is 5.74. The van der Waals surface area contributed by atoms with E-state index in [-0.39, 0.29) is 0 Å². The van der Waals surface area contributed by atoms with Crippen molar-refractivity contribution in [3.05, 3.63) is 48.2 Å². The van der Waals surface area contributed by atoms with Crippen LogP contribution in [0.15, 0.2) is 31.5 Å². The number of aryl methyl sites for hydroxylation is 1. The molecule has 0 aliphatic carbocycles. The van der Waals surface area contributed by atoms with Crippen molar-refractivity contribution in [1.82, 2.24) is 5.32 Å². The summed E-state index contributed by atoms with van der Waals surface area (Å²) in [5, 5.41) is 3.10. The van der Waals surface area contributed by atoms with Crippen molar-refractivity contribution >= 4 is 11.3 Å². The summed E-state index contributed by atoms with van der Waals surface area (Å²) in [4.78, 5) is 0. The molecule has 0 spiro atoms. The van der Waals surface area contributed by atoms with Gasteiger partial charge in [0.15, 0.2) is 0 Å². The van der Waals surface area contributed by atoms with Crippen LogP contribution in [0.25, 0.3) is 5.57 Å². The third kappa shape index (κ3) is 2.66. The molecule has 0 atom stereocenters. The number of anilines is 1. The van der Waals surface area contributed by atoms with Gasteiger partial charge in [-0.25, -0.2) is 0 Å². The van der Waals surface area contributed by atoms with Gasteiger partial charge < -0.3 is 11.1 Å². The summed E-state index contributed by atoms with van der Waals surface area (Å²) >= 11 is 0. The van der Waals surface area contributed by atoms with Crippen LogP contribution < -0.4 is 11.1 Å². The minimum atomic E-state index is 0.777. The highest BCUT2D eigenvalue weighted by Crippen LogP contribution is 2.26. The first-order valence-corrected chi connectivity index (χ1v) is 5.51. The van der Waals surface area contributed by atoms with Crippen LogP contribution in [0.1, 0.15) is 30.0 Å². The van der Waals surface area contributed by atoms with Gasteiger partial charge in [0.1, 0.15) is 0 Å². The van der Waals surface area contributed by atoms with Gasteiger partial charge in [-0.1, -0.05) is 20.1 Å². The van der Waals surface area contributed by atoms with E-state index in [9.17, 15) is 0 Å². The van der Waals surface area contributed by atoms with Gasteiger partial charge in [-0.05, 0) is 48.4 Å². The largest absolute Gasteiger partial charge is 0.398 e. The Kier molecular flexibility index (Phi) is 4.18. The normalized spacial score (nSPS) is 9.88. The molecule has 0 aliphatic rings. The Labute approximate surface area is 97.9 Å². The molecule has 0 amide bonds. The topological polar surface area (TPSA) is 38.0 Å². The Bertz CT molecular complexity index is 405. The van der Waals surface area contributed by atoms with Crippen LogP contribution in [0.2, 0.25) is 0 Å². The summed E-state index contributed by atoms with van der Waals surface area (Å²) in [6.45, 7) is 12.6. The molecular formula is C14H20N2. The van der Waals surface area contributed by atoms with E-state index in [0.717, 1.165) is 29.8 Å². The molecule has 0 saturated heterocycles. The smallest absolute Gasteiger partial charge is 0.0397 e. The van der Waals surface area contributed by atoms with E-state index in [4.69, 9.17) is 5.73 Å². The van der Waals surface area contributed by atoms with Gasteiger partial charge in [-0.15, -0.1) is 0 Å². The molecule has 0 aliphatic heterocycles. The summed E-state index contributed by atoms with van der Waals surface area (Å²) < 4.78 is 0. The predicted molar refractivity (Wildman–Crippen MR) is 72.0 cm³/mol. The van der Waals surface area contributed by atoms with Gasteiger partial charge in [0.05, 0.1) is 0 Å². The van der Waals surface area contributed by atoms with E-state index < -0.39 is 0 Å². The van der Waals surface area contributed by atoms with Crippen LogP contribution >= 0.6 is 0 Å². The van der Waals surface area contributed by atoms with Crippen LogP contribution in [-0.4, -0.2) is 0 Å². The molecule has 1 aromatic rings. The first-order valence-electron chi connectivity index (χ1n) is 5.51. The molecule has 0 fully saturated rings. The van der Waals surface area contributed by atoms with Gasteiger partial charge in [-0.3, -0.25) is 0 Å². The summed E-state index contributed by atoms with van der Waals surface area (Å²) in [6.07, 6.45) is 2.62. The van der Waals surface area contributed by atoms with E-state index >= 15 is 0 Å². The first kappa shape index (κ1) is 12.4. The molecule has 0 radical (unpaired) electrons. The standard InChI is InChI=1S/C14H20N2/c1-5-10(3)13-8-12(9-16-6-2)11(4)7-14(13)15/h6-8,16H,2-3,5,9,15H2,1,4H3. The molecule has 1 aromatic carbocycles.